The first kappa shape index (κ1) is 15.5. The molecule has 20 heavy (non-hydrogen) atoms. The molecule has 1 heterocycles. The van der Waals surface area contributed by atoms with Crippen LogP contribution in [0.15, 0.2) is 45.9 Å². The highest BCUT2D eigenvalue weighted by molar-refractivity contribution is 7.98. The van der Waals surface area contributed by atoms with Gasteiger partial charge >= 0.3 is 0 Å². The molecule has 108 valence electrons. The summed E-state index contributed by atoms with van der Waals surface area (Å²) in [7, 11) is 0. The van der Waals surface area contributed by atoms with Crippen LogP contribution in [0.3, 0.4) is 0 Å². The Morgan fingerprint density at radius 2 is 2.15 bits per heavy atom. The Labute approximate surface area is 129 Å². The molecular formula is C16H20ClNOS. The van der Waals surface area contributed by atoms with E-state index in [1.165, 1.54) is 4.90 Å². The molecule has 0 unspecified atom stereocenters. The average Bonchev–Trinajstić information content (AvgIpc) is 2.91. The molecule has 0 saturated heterocycles. The van der Waals surface area contributed by atoms with Gasteiger partial charge in [-0.1, -0.05) is 31.5 Å². The summed E-state index contributed by atoms with van der Waals surface area (Å²) in [5.41, 5.74) is 1.15. The molecule has 0 radical (unpaired) electrons. The van der Waals surface area contributed by atoms with Crippen LogP contribution in [-0.2, 0) is 12.3 Å². The van der Waals surface area contributed by atoms with E-state index in [4.69, 9.17) is 16.0 Å². The van der Waals surface area contributed by atoms with Gasteiger partial charge < -0.3 is 9.73 Å². The van der Waals surface area contributed by atoms with Crippen LogP contribution in [0.5, 0.6) is 0 Å². The Morgan fingerprint density at radius 1 is 1.30 bits per heavy atom. The van der Waals surface area contributed by atoms with Gasteiger partial charge in [-0.2, -0.15) is 0 Å². The van der Waals surface area contributed by atoms with Gasteiger partial charge in [0, 0.05) is 16.5 Å². The van der Waals surface area contributed by atoms with Crippen molar-refractivity contribution >= 4 is 23.4 Å². The third-order valence-electron chi connectivity index (χ3n) is 2.85. The van der Waals surface area contributed by atoms with Gasteiger partial charge in [-0.15, -0.1) is 11.8 Å². The van der Waals surface area contributed by atoms with Crippen LogP contribution < -0.4 is 5.32 Å². The third kappa shape index (κ3) is 4.89. The Morgan fingerprint density at radius 3 is 2.80 bits per heavy atom. The van der Waals surface area contributed by atoms with E-state index in [-0.39, 0.29) is 0 Å². The molecule has 0 aliphatic heterocycles. The number of nitrogens with one attached hydrogen (secondary N) is 1. The number of hydrogen-bond acceptors (Lipinski definition) is 3. The zero-order valence-corrected chi connectivity index (χ0v) is 13.4. The maximum Gasteiger partial charge on any atom is 0.113 e. The van der Waals surface area contributed by atoms with Crippen molar-refractivity contribution in [3.63, 3.8) is 0 Å². The lowest BCUT2D eigenvalue weighted by molar-refractivity contribution is 0.530. The molecule has 0 fully saturated rings. The van der Waals surface area contributed by atoms with E-state index in [9.17, 15) is 0 Å². The molecule has 0 saturated carbocycles. The molecule has 0 aliphatic rings. The first-order valence-electron chi connectivity index (χ1n) is 6.79. The maximum atomic E-state index is 6.33. The lowest BCUT2D eigenvalue weighted by Gasteiger charge is -2.10. The topological polar surface area (TPSA) is 25.2 Å². The van der Waals surface area contributed by atoms with Crippen LogP contribution in [0.1, 0.15) is 25.2 Å². The minimum absolute atomic E-state index is 0.650. The number of furan rings is 1. The lowest BCUT2D eigenvalue weighted by Crippen LogP contribution is -2.19. The second kappa shape index (κ2) is 7.77. The fourth-order valence-electron chi connectivity index (χ4n) is 1.81. The van der Waals surface area contributed by atoms with Crippen LogP contribution in [0.4, 0.5) is 0 Å². The maximum absolute atomic E-state index is 6.33. The van der Waals surface area contributed by atoms with Crippen molar-refractivity contribution in [2.24, 2.45) is 5.92 Å². The van der Waals surface area contributed by atoms with Gasteiger partial charge in [-0.25, -0.2) is 0 Å². The predicted octanol–water partition coefficient (Wildman–Crippen LogP) is 4.97. The molecule has 1 aromatic carbocycles. The van der Waals surface area contributed by atoms with Gasteiger partial charge in [0.15, 0.2) is 0 Å². The standard InChI is InChI=1S/C16H20ClNOS/c1-12(2)9-18-10-13-5-6-15(8-16(13)17)20-11-14-4-3-7-19-14/h3-8,12,18H,9-11H2,1-2H3. The molecule has 2 rings (SSSR count). The molecule has 4 heteroatoms. The highest BCUT2D eigenvalue weighted by atomic mass is 35.5. The largest absolute Gasteiger partial charge is 0.468 e. The second-order valence-corrected chi connectivity index (χ2v) is 6.60. The molecule has 0 bridgehead atoms. The van der Waals surface area contributed by atoms with Crippen molar-refractivity contribution in [3.8, 4) is 0 Å². The molecular weight excluding hydrogens is 290 g/mol. The molecule has 0 atom stereocenters. The zero-order chi connectivity index (χ0) is 14.4. The van der Waals surface area contributed by atoms with Crippen molar-refractivity contribution in [1.29, 1.82) is 0 Å². The van der Waals surface area contributed by atoms with Crippen molar-refractivity contribution in [2.45, 2.75) is 31.0 Å². The van der Waals surface area contributed by atoms with Crippen LogP contribution in [0.2, 0.25) is 5.02 Å². The number of rotatable bonds is 7. The fraction of sp³-hybridized carbons (Fsp3) is 0.375. The fourth-order valence-corrected chi connectivity index (χ4v) is 2.96. The lowest BCUT2D eigenvalue weighted by atomic mass is 10.2. The van der Waals surface area contributed by atoms with E-state index in [2.05, 4.69) is 31.3 Å². The Bertz CT molecular complexity index is 525. The smallest absolute Gasteiger partial charge is 0.113 e. The first-order valence-corrected chi connectivity index (χ1v) is 8.16. The summed E-state index contributed by atoms with van der Waals surface area (Å²) >= 11 is 8.06. The van der Waals surface area contributed by atoms with E-state index < -0.39 is 0 Å². The highest BCUT2D eigenvalue weighted by Crippen LogP contribution is 2.27. The predicted molar refractivity (Wildman–Crippen MR) is 86.3 cm³/mol. The molecule has 0 amide bonds. The van der Waals surface area contributed by atoms with E-state index in [0.29, 0.717) is 5.92 Å². The van der Waals surface area contributed by atoms with Crippen molar-refractivity contribution in [1.82, 2.24) is 5.32 Å². The normalized spacial score (nSPS) is 11.2. The summed E-state index contributed by atoms with van der Waals surface area (Å²) in [5.74, 6) is 2.46. The summed E-state index contributed by atoms with van der Waals surface area (Å²) in [6.45, 7) is 6.22. The van der Waals surface area contributed by atoms with E-state index in [0.717, 1.165) is 35.2 Å². The van der Waals surface area contributed by atoms with Gasteiger partial charge in [0.2, 0.25) is 0 Å². The molecule has 1 N–H and O–H groups in total. The Kier molecular flexibility index (Phi) is 6.02. The number of halogens is 1. The molecule has 2 aromatic rings. The van der Waals surface area contributed by atoms with Crippen LogP contribution >= 0.6 is 23.4 Å². The van der Waals surface area contributed by atoms with Crippen molar-refractivity contribution < 1.29 is 4.42 Å². The first-order chi connectivity index (χ1) is 9.65. The van der Waals surface area contributed by atoms with E-state index >= 15 is 0 Å². The quantitative estimate of drug-likeness (QED) is 0.731. The average molecular weight is 310 g/mol. The van der Waals surface area contributed by atoms with Crippen LogP contribution in [0.25, 0.3) is 0 Å². The number of benzene rings is 1. The zero-order valence-electron chi connectivity index (χ0n) is 11.9. The molecule has 2 nitrogen and oxygen atoms in total. The Hall–Kier alpha value is -0.900. The van der Waals surface area contributed by atoms with E-state index in [1.807, 2.05) is 18.2 Å². The summed E-state index contributed by atoms with van der Waals surface area (Å²) in [6, 6.07) is 10.1. The van der Waals surface area contributed by atoms with Gasteiger partial charge in [0.25, 0.3) is 0 Å². The van der Waals surface area contributed by atoms with Crippen LogP contribution in [0, 0.1) is 5.92 Å². The minimum atomic E-state index is 0.650. The molecule has 0 spiro atoms. The monoisotopic (exact) mass is 309 g/mol. The Balaban J connectivity index is 1.88. The number of hydrogen-bond donors (Lipinski definition) is 1. The minimum Gasteiger partial charge on any atom is -0.468 e. The van der Waals surface area contributed by atoms with Gasteiger partial charge in [-0.3, -0.25) is 0 Å². The summed E-state index contributed by atoms with van der Waals surface area (Å²) in [5, 5.41) is 4.23. The van der Waals surface area contributed by atoms with Crippen molar-refractivity contribution in [2.75, 3.05) is 6.54 Å². The molecule has 1 aromatic heterocycles. The summed E-state index contributed by atoms with van der Waals surface area (Å²) in [4.78, 5) is 1.17. The SMILES string of the molecule is CC(C)CNCc1ccc(SCc2ccco2)cc1Cl. The molecule has 0 aliphatic carbocycles. The second-order valence-electron chi connectivity index (χ2n) is 5.15. The highest BCUT2D eigenvalue weighted by Gasteiger charge is 2.04. The van der Waals surface area contributed by atoms with Gasteiger partial charge in [0.1, 0.15) is 5.76 Å². The third-order valence-corrected chi connectivity index (χ3v) is 4.22. The summed E-state index contributed by atoms with van der Waals surface area (Å²) in [6.07, 6.45) is 1.70. The van der Waals surface area contributed by atoms with Crippen molar-refractivity contribution in [3.05, 3.63) is 52.9 Å². The van der Waals surface area contributed by atoms with E-state index in [1.54, 1.807) is 18.0 Å². The van der Waals surface area contributed by atoms with Gasteiger partial charge in [0.05, 0.1) is 12.0 Å². The van der Waals surface area contributed by atoms with Gasteiger partial charge in [-0.05, 0) is 42.3 Å². The number of thioether (sulfide) groups is 1. The summed E-state index contributed by atoms with van der Waals surface area (Å²) < 4.78 is 5.32. The van der Waals surface area contributed by atoms with Crippen LogP contribution in [-0.4, -0.2) is 6.54 Å².